The second kappa shape index (κ2) is 5.41. The minimum absolute atomic E-state index is 0.0150. The number of nitrogens with two attached hydrogens (primary N) is 1. The topological polar surface area (TPSA) is 74.0 Å². The standard InChI is InChI=1S/C18H13F2N3O2/c1-2-23-15-7-10(9-3-4-14(21)13(20)5-9)12(19)6-11(15)17-16(18(23)24)22-8-25-17/h3-8H,2,21H2,1H3. The predicted molar refractivity (Wildman–Crippen MR) is 91.2 cm³/mol. The highest BCUT2D eigenvalue weighted by Gasteiger charge is 2.17. The van der Waals surface area contributed by atoms with E-state index in [1.165, 1.54) is 34.9 Å². The lowest BCUT2D eigenvalue weighted by atomic mass is 10.0. The number of aromatic nitrogens is 2. The Balaban J connectivity index is 2.11. The molecule has 7 heteroatoms. The van der Waals surface area contributed by atoms with Gasteiger partial charge in [-0.05, 0) is 36.8 Å². The summed E-state index contributed by atoms with van der Waals surface area (Å²) in [7, 11) is 0. The Labute approximate surface area is 140 Å². The van der Waals surface area contributed by atoms with Crippen LogP contribution in [0.4, 0.5) is 14.5 Å². The summed E-state index contributed by atoms with van der Waals surface area (Å²) in [6.45, 7) is 2.18. The highest BCUT2D eigenvalue weighted by molar-refractivity contribution is 6.02. The monoisotopic (exact) mass is 341 g/mol. The van der Waals surface area contributed by atoms with Gasteiger partial charge in [-0.3, -0.25) is 4.79 Å². The van der Waals surface area contributed by atoms with E-state index in [1.807, 2.05) is 0 Å². The SMILES string of the molecule is CCn1c(=O)c2ncoc2c2cc(F)c(-c3ccc(N)c(F)c3)cc21. The molecule has 0 unspecified atom stereocenters. The molecule has 0 aliphatic heterocycles. The smallest absolute Gasteiger partial charge is 0.280 e. The number of nitrogen functional groups attached to an aromatic ring is 1. The normalized spacial score (nSPS) is 11.5. The van der Waals surface area contributed by atoms with Crippen LogP contribution in [0.15, 0.2) is 45.9 Å². The van der Waals surface area contributed by atoms with Crippen LogP contribution >= 0.6 is 0 Å². The molecule has 0 aliphatic rings. The third kappa shape index (κ3) is 2.20. The second-order valence-electron chi connectivity index (χ2n) is 5.66. The van der Waals surface area contributed by atoms with Crippen LogP contribution in [-0.4, -0.2) is 9.55 Å². The van der Waals surface area contributed by atoms with Gasteiger partial charge < -0.3 is 14.7 Å². The minimum Gasteiger partial charge on any atom is -0.443 e. The molecule has 0 amide bonds. The number of nitrogens with zero attached hydrogens (tertiary/aromatic N) is 2. The maximum atomic E-state index is 14.7. The molecule has 2 aromatic heterocycles. The summed E-state index contributed by atoms with van der Waals surface area (Å²) in [5.74, 6) is -1.19. The fraction of sp³-hybridized carbons (Fsp3) is 0.111. The lowest BCUT2D eigenvalue weighted by Crippen LogP contribution is -2.20. The third-order valence-electron chi connectivity index (χ3n) is 4.26. The van der Waals surface area contributed by atoms with E-state index < -0.39 is 11.6 Å². The summed E-state index contributed by atoms with van der Waals surface area (Å²) in [5, 5.41) is 0.436. The Bertz CT molecular complexity index is 1190. The Morgan fingerprint density at radius 1 is 1.20 bits per heavy atom. The van der Waals surface area contributed by atoms with Crippen LogP contribution in [0.1, 0.15) is 6.92 Å². The van der Waals surface area contributed by atoms with E-state index in [9.17, 15) is 13.6 Å². The summed E-state index contributed by atoms with van der Waals surface area (Å²) < 4.78 is 35.2. The van der Waals surface area contributed by atoms with Crippen molar-refractivity contribution >= 4 is 27.7 Å². The first-order chi connectivity index (χ1) is 12.0. The largest absolute Gasteiger partial charge is 0.443 e. The van der Waals surface area contributed by atoms with Crippen molar-refractivity contribution in [1.82, 2.24) is 9.55 Å². The van der Waals surface area contributed by atoms with Crippen LogP contribution in [-0.2, 0) is 6.54 Å². The van der Waals surface area contributed by atoms with Crippen molar-refractivity contribution in [1.29, 1.82) is 0 Å². The number of oxazole rings is 1. The fourth-order valence-electron chi connectivity index (χ4n) is 3.02. The van der Waals surface area contributed by atoms with Crippen molar-refractivity contribution < 1.29 is 13.2 Å². The van der Waals surface area contributed by atoms with Gasteiger partial charge in [0.15, 0.2) is 17.5 Å². The Hall–Kier alpha value is -3.22. The molecular formula is C18H13F2N3O2. The predicted octanol–water partition coefficient (Wildman–Crippen LogP) is 3.69. The first kappa shape index (κ1) is 15.3. The molecule has 126 valence electrons. The van der Waals surface area contributed by atoms with Crippen molar-refractivity contribution in [2.24, 2.45) is 0 Å². The van der Waals surface area contributed by atoms with Gasteiger partial charge in [0.05, 0.1) is 11.2 Å². The number of benzene rings is 2. The van der Waals surface area contributed by atoms with E-state index in [0.29, 0.717) is 23.0 Å². The highest BCUT2D eigenvalue weighted by Crippen LogP contribution is 2.31. The Morgan fingerprint density at radius 2 is 2.00 bits per heavy atom. The molecule has 0 saturated carbocycles. The minimum atomic E-state index is -0.629. The van der Waals surface area contributed by atoms with E-state index in [0.717, 1.165) is 6.39 Å². The van der Waals surface area contributed by atoms with Gasteiger partial charge >= 0.3 is 0 Å². The van der Waals surface area contributed by atoms with Crippen LogP contribution in [0.3, 0.4) is 0 Å². The van der Waals surface area contributed by atoms with Gasteiger partial charge in [0, 0.05) is 17.5 Å². The second-order valence-corrected chi connectivity index (χ2v) is 5.66. The number of aryl methyl sites for hydroxylation is 1. The average Bonchev–Trinajstić information content (AvgIpc) is 3.08. The van der Waals surface area contributed by atoms with Gasteiger partial charge in [0.2, 0.25) is 0 Å². The van der Waals surface area contributed by atoms with Crippen molar-refractivity contribution in [3.63, 3.8) is 0 Å². The van der Waals surface area contributed by atoms with E-state index >= 15 is 0 Å². The van der Waals surface area contributed by atoms with Crippen molar-refractivity contribution in [2.75, 3.05) is 5.73 Å². The third-order valence-corrected chi connectivity index (χ3v) is 4.26. The number of fused-ring (bicyclic) bond motifs is 3. The number of anilines is 1. The van der Waals surface area contributed by atoms with Gasteiger partial charge in [0.1, 0.15) is 11.6 Å². The lowest BCUT2D eigenvalue weighted by molar-refractivity contribution is 0.603. The Morgan fingerprint density at radius 3 is 2.72 bits per heavy atom. The maximum absolute atomic E-state index is 14.7. The van der Waals surface area contributed by atoms with Crippen molar-refractivity contribution in [3.8, 4) is 11.1 Å². The summed E-state index contributed by atoms with van der Waals surface area (Å²) >= 11 is 0. The fourth-order valence-corrected chi connectivity index (χ4v) is 3.02. The first-order valence-corrected chi connectivity index (χ1v) is 7.66. The van der Waals surface area contributed by atoms with Gasteiger partial charge in [-0.25, -0.2) is 13.8 Å². The van der Waals surface area contributed by atoms with E-state index in [2.05, 4.69) is 4.98 Å². The van der Waals surface area contributed by atoms with E-state index in [1.54, 1.807) is 6.92 Å². The lowest BCUT2D eigenvalue weighted by Gasteiger charge is -2.12. The van der Waals surface area contributed by atoms with Gasteiger partial charge in [-0.15, -0.1) is 0 Å². The number of hydrogen-bond acceptors (Lipinski definition) is 4. The molecular weight excluding hydrogens is 328 g/mol. The molecule has 0 atom stereocenters. The van der Waals surface area contributed by atoms with Crippen LogP contribution in [0.25, 0.3) is 33.1 Å². The zero-order chi connectivity index (χ0) is 17.7. The summed E-state index contributed by atoms with van der Waals surface area (Å²) in [6, 6.07) is 6.87. The molecule has 2 heterocycles. The quantitative estimate of drug-likeness (QED) is 0.564. The molecule has 0 spiro atoms. The first-order valence-electron chi connectivity index (χ1n) is 7.66. The molecule has 4 aromatic rings. The molecule has 0 bridgehead atoms. The maximum Gasteiger partial charge on any atom is 0.280 e. The molecule has 2 N–H and O–H groups in total. The van der Waals surface area contributed by atoms with E-state index in [-0.39, 0.29) is 27.9 Å². The van der Waals surface area contributed by atoms with Gasteiger partial charge in [-0.1, -0.05) is 6.07 Å². The van der Waals surface area contributed by atoms with Gasteiger partial charge in [-0.2, -0.15) is 0 Å². The number of hydrogen-bond donors (Lipinski definition) is 1. The summed E-state index contributed by atoms with van der Waals surface area (Å²) in [6.07, 6.45) is 1.16. The highest BCUT2D eigenvalue weighted by atomic mass is 19.1. The average molecular weight is 341 g/mol. The van der Waals surface area contributed by atoms with Crippen molar-refractivity contribution in [3.05, 3.63) is 58.7 Å². The number of rotatable bonds is 2. The summed E-state index contributed by atoms with van der Waals surface area (Å²) in [4.78, 5) is 16.5. The zero-order valence-corrected chi connectivity index (χ0v) is 13.2. The molecule has 0 fully saturated rings. The Kier molecular flexibility index (Phi) is 3.31. The molecule has 0 saturated heterocycles. The molecule has 25 heavy (non-hydrogen) atoms. The summed E-state index contributed by atoms with van der Waals surface area (Å²) in [5.41, 5.74) is 6.53. The molecule has 2 aromatic carbocycles. The van der Waals surface area contributed by atoms with Crippen LogP contribution in [0.2, 0.25) is 0 Å². The van der Waals surface area contributed by atoms with E-state index in [4.69, 9.17) is 10.2 Å². The van der Waals surface area contributed by atoms with Crippen LogP contribution < -0.4 is 11.3 Å². The van der Waals surface area contributed by atoms with Crippen LogP contribution in [0.5, 0.6) is 0 Å². The number of pyridine rings is 1. The molecule has 5 nitrogen and oxygen atoms in total. The van der Waals surface area contributed by atoms with Crippen LogP contribution in [0, 0.1) is 11.6 Å². The zero-order valence-electron chi connectivity index (χ0n) is 13.2. The van der Waals surface area contributed by atoms with Gasteiger partial charge in [0.25, 0.3) is 5.56 Å². The molecule has 0 radical (unpaired) electrons. The number of halogens is 2. The van der Waals surface area contributed by atoms with Crippen molar-refractivity contribution in [2.45, 2.75) is 13.5 Å². The molecule has 0 aliphatic carbocycles. The molecule has 4 rings (SSSR count).